The van der Waals surface area contributed by atoms with Crippen molar-refractivity contribution in [3.05, 3.63) is 47.0 Å². The average molecular weight is 252 g/mol. The van der Waals surface area contributed by atoms with Gasteiger partial charge in [-0.2, -0.15) is 0 Å². The second-order valence-corrected chi connectivity index (χ2v) is 5.22. The minimum atomic E-state index is 0.821. The molecule has 0 unspecified atom stereocenters. The first-order valence-corrected chi connectivity index (χ1v) is 6.54. The molecular formula is C17H20N2. The Bertz CT molecular complexity index is 618. The Hall–Kier alpha value is -1.96. The normalized spacial score (nSPS) is 10.4. The Morgan fingerprint density at radius 3 is 2.16 bits per heavy atom. The van der Waals surface area contributed by atoms with E-state index in [1.807, 2.05) is 13.8 Å². The zero-order valence-corrected chi connectivity index (χ0v) is 12.3. The van der Waals surface area contributed by atoms with Gasteiger partial charge in [0.25, 0.3) is 0 Å². The Balaban J connectivity index is 2.57. The third-order valence-corrected chi connectivity index (χ3v) is 3.03. The summed E-state index contributed by atoms with van der Waals surface area (Å²) < 4.78 is 0. The van der Waals surface area contributed by atoms with Crippen LogP contribution >= 0.6 is 0 Å². The van der Waals surface area contributed by atoms with Gasteiger partial charge in [-0.05, 0) is 45.7 Å². The van der Waals surface area contributed by atoms with Crippen LogP contribution in [0.2, 0.25) is 0 Å². The highest BCUT2D eigenvalue weighted by Gasteiger charge is 2.08. The molecule has 98 valence electrons. The molecule has 0 aliphatic heterocycles. The number of rotatable bonds is 2. The minimum Gasteiger partial charge on any atom is -0.238 e. The van der Waals surface area contributed by atoms with Crippen LogP contribution in [0.15, 0.2) is 35.3 Å². The maximum Gasteiger partial charge on any atom is 0.155 e. The number of aryl methyl sites for hydroxylation is 3. The van der Waals surface area contributed by atoms with Crippen molar-refractivity contribution >= 4 is 11.5 Å². The molecule has 0 bridgehead atoms. The molecule has 0 fully saturated rings. The van der Waals surface area contributed by atoms with Gasteiger partial charge in [-0.3, -0.25) is 0 Å². The Morgan fingerprint density at radius 1 is 0.947 bits per heavy atom. The molecule has 0 radical (unpaired) electrons. The van der Waals surface area contributed by atoms with Crippen LogP contribution in [-0.2, 0) is 0 Å². The summed E-state index contributed by atoms with van der Waals surface area (Å²) in [6.07, 6.45) is 0. The van der Waals surface area contributed by atoms with Gasteiger partial charge in [0.05, 0.1) is 5.69 Å². The van der Waals surface area contributed by atoms with Crippen LogP contribution in [0.25, 0.3) is 11.3 Å². The Labute approximate surface area is 115 Å². The van der Waals surface area contributed by atoms with E-state index in [2.05, 4.69) is 56.1 Å². The van der Waals surface area contributed by atoms with Gasteiger partial charge in [0.2, 0.25) is 0 Å². The fraction of sp³-hybridized carbons (Fsp3) is 0.294. The van der Waals surface area contributed by atoms with Gasteiger partial charge in [-0.25, -0.2) is 9.98 Å². The summed E-state index contributed by atoms with van der Waals surface area (Å²) in [7, 11) is 0. The van der Waals surface area contributed by atoms with Crippen molar-refractivity contribution in [3.8, 4) is 11.3 Å². The fourth-order valence-corrected chi connectivity index (χ4v) is 2.07. The summed E-state index contributed by atoms with van der Waals surface area (Å²) in [6.45, 7) is 10.2. The van der Waals surface area contributed by atoms with Gasteiger partial charge in [-0.15, -0.1) is 0 Å². The van der Waals surface area contributed by atoms with Crippen LogP contribution in [0.1, 0.15) is 30.5 Å². The zero-order valence-electron chi connectivity index (χ0n) is 12.3. The second-order valence-electron chi connectivity index (χ2n) is 5.22. The maximum atomic E-state index is 4.72. The van der Waals surface area contributed by atoms with Crippen LogP contribution in [0.4, 0.5) is 5.82 Å². The third kappa shape index (κ3) is 3.08. The van der Waals surface area contributed by atoms with E-state index >= 15 is 0 Å². The highest BCUT2D eigenvalue weighted by Crippen LogP contribution is 2.27. The molecule has 0 N–H and O–H groups in total. The number of nitrogens with zero attached hydrogens (tertiary/aromatic N) is 2. The first kappa shape index (κ1) is 13.5. The van der Waals surface area contributed by atoms with Crippen LogP contribution < -0.4 is 0 Å². The molecule has 0 spiro atoms. The zero-order chi connectivity index (χ0) is 14.0. The molecule has 2 heteroatoms. The summed E-state index contributed by atoms with van der Waals surface area (Å²) in [5.41, 5.74) is 6.76. The van der Waals surface area contributed by atoms with Crippen LogP contribution in [-0.4, -0.2) is 10.7 Å². The summed E-state index contributed by atoms with van der Waals surface area (Å²) in [6, 6.07) is 10.6. The van der Waals surface area contributed by atoms with E-state index in [-0.39, 0.29) is 0 Å². The Morgan fingerprint density at radius 2 is 1.58 bits per heavy atom. The molecule has 0 atom stereocenters. The molecule has 0 aliphatic carbocycles. The summed E-state index contributed by atoms with van der Waals surface area (Å²) in [4.78, 5) is 9.23. The van der Waals surface area contributed by atoms with Gasteiger partial charge < -0.3 is 0 Å². The van der Waals surface area contributed by atoms with E-state index < -0.39 is 0 Å². The van der Waals surface area contributed by atoms with Crippen molar-refractivity contribution < 1.29 is 0 Å². The molecule has 1 heterocycles. The minimum absolute atomic E-state index is 0.821. The van der Waals surface area contributed by atoms with Gasteiger partial charge in [0.15, 0.2) is 5.82 Å². The molecule has 0 amide bonds. The smallest absolute Gasteiger partial charge is 0.155 e. The summed E-state index contributed by atoms with van der Waals surface area (Å²) in [5, 5.41) is 0. The van der Waals surface area contributed by atoms with E-state index in [1.54, 1.807) is 0 Å². The van der Waals surface area contributed by atoms with Gasteiger partial charge in [0.1, 0.15) is 0 Å². The molecule has 0 saturated carbocycles. The largest absolute Gasteiger partial charge is 0.238 e. The molecule has 19 heavy (non-hydrogen) atoms. The number of hydrogen-bond donors (Lipinski definition) is 0. The van der Waals surface area contributed by atoms with Gasteiger partial charge in [-0.1, -0.05) is 35.9 Å². The number of hydrogen-bond acceptors (Lipinski definition) is 2. The topological polar surface area (TPSA) is 25.2 Å². The lowest BCUT2D eigenvalue weighted by molar-refractivity contribution is 1.19. The molecule has 2 rings (SSSR count). The lowest BCUT2D eigenvalue weighted by Crippen LogP contribution is -1.93. The van der Waals surface area contributed by atoms with Crippen LogP contribution in [0, 0.1) is 20.8 Å². The van der Waals surface area contributed by atoms with Crippen LogP contribution in [0.5, 0.6) is 0 Å². The van der Waals surface area contributed by atoms with Crippen molar-refractivity contribution in [3.63, 3.8) is 0 Å². The predicted molar refractivity (Wildman–Crippen MR) is 82.3 cm³/mol. The highest BCUT2D eigenvalue weighted by molar-refractivity contribution is 5.82. The molecule has 0 aliphatic rings. The number of aromatic nitrogens is 1. The lowest BCUT2D eigenvalue weighted by atomic mass is 10.0. The molecule has 2 aromatic rings. The van der Waals surface area contributed by atoms with Crippen LogP contribution in [0.3, 0.4) is 0 Å². The van der Waals surface area contributed by atoms with E-state index in [1.165, 1.54) is 11.1 Å². The Kier molecular flexibility index (Phi) is 3.79. The van der Waals surface area contributed by atoms with Crippen molar-refractivity contribution in [2.24, 2.45) is 4.99 Å². The second kappa shape index (κ2) is 5.35. The van der Waals surface area contributed by atoms with E-state index in [0.717, 1.165) is 28.4 Å². The maximum absolute atomic E-state index is 4.72. The van der Waals surface area contributed by atoms with Crippen molar-refractivity contribution in [1.29, 1.82) is 0 Å². The van der Waals surface area contributed by atoms with E-state index in [9.17, 15) is 0 Å². The van der Waals surface area contributed by atoms with Crippen molar-refractivity contribution in [2.75, 3.05) is 0 Å². The summed E-state index contributed by atoms with van der Waals surface area (Å²) in [5.74, 6) is 0.821. The average Bonchev–Trinajstić information content (AvgIpc) is 2.33. The number of aliphatic imine (C=N–C) groups is 1. The number of benzene rings is 1. The molecule has 1 aromatic carbocycles. The van der Waals surface area contributed by atoms with Crippen molar-refractivity contribution in [2.45, 2.75) is 34.6 Å². The molecule has 2 nitrogen and oxygen atoms in total. The van der Waals surface area contributed by atoms with E-state index in [0.29, 0.717) is 0 Å². The molecule has 1 aromatic heterocycles. The fourth-order valence-electron chi connectivity index (χ4n) is 2.07. The molecule has 0 saturated heterocycles. The van der Waals surface area contributed by atoms with Crippen molar-refractivity contribution in [1.82, 2.24) is 4.98 Å². The quantitative estimate of drug-likeness (QED) is 0.706. The van der Waals surface area contributed by atoms with Gasteiger partial charge in [0, 0.05) is 11.3 Å². The number of pyridine rings is 1. The highest BCUT2D eigenvalue weighted by atomic mass is 14.9. The first-order valence-electron chi connectivity index (χ1n) is 6.54. The lowest BCUT2D eigenvalue weighted by Gasteiger charge is -2.09. The standard InChI is InChI=1S/C17H20N2/c1-11(2)18-17-14(5)10-13(4)16(19-17)15-8-6-12(3)7-9-15/h6-10H,1-5H3. The summed E-state index contributed by atoms with van der Waals surface area (Å²) >= 11 is 0. The SMILES string of the molecule is CC(C)=Nc1nc(-c2ccc(C)cc2)c(C)cc1C. The van der Waals surface area contributed by atoms with E-state index in [4.69, 9.17) is 4.98 Å². The monoisotopic (exact) mass is 252 g/mol. The third-order valence-electron chi connectivity index (χ3n) is 3.03. The van der Waals surface area contributed by atoms with Gasteiger partial charge >= 0.3 is 0 Å². The molecular weight excluding hydrogens is 232 g/mol. The first-order chi connectivity index (χ1) is 8.97. The predicted octanol–water partition coefficient (Wildman–Crippen LogP) is 4.79.